The third-order valence-electron chi connectivity index (χ3n) is 3.56. The molecule has 1 heterocycles. The van der Waals surface area contributed by atoms with Crippen LogP contribution in [0.25, 0.3) is 0 Å². The minimum absolute atomic E-state index is 0.158. The predicted octanol–water partition coefficient (Wildman–Crippen LogP) is 2.27. The number of hydrogen-bond acceptors (Lipinski definition) is 5. The summed E-state index contributed by atoms with van der Waals surface area (Å²) in [4.78, 5) is 41.5. The molecule has 2 amide bonds. The molecule has 6 nitrogen and oxygen atoms in total. The Hall–Kier alpha value is -3.06. The van der Waals surface area contributed by atoms with Crippen LogP contribution in [0.5, 0.6) is 0 Å². The molecule has 1 aliphatic rings. The molecule has 1 atom stereocenters. The average Bonchev–Trinajstić information content (AvgIpc) is 2.83. The van der Waals surface area contributed by atoms with Crippen LogP contribution in [0.3, 0.4) is 0 Å². The molecule has 24 heavy (non-hydrogen) atoms. The van der Waals surface area contributed by atoms with Gasteiger partial charge in [-0.05, 0) is 29.8 Å². The first-order chi connectivity index (χ1) is 11.5. The summed E-state index contributed by atoms with van der Waals surface area (Å²) in [5.41, 5.74) is 0.651. The molecule has 0 spiro atoms. The van der Waals surface area contributed by atoms with Gasteiger partial charge in [-0.25, -0.2) is 9.18 Å². The molecule has 0 aromatic heterocycles. The maximum Gasteiger partial charge on any atom is 0.366 e. The van der Waals surface area contributed by atoms with E-state index in [0.29, 0.717) is 10.6 Å². The van der Waals surface area contributed by atoms with Crippen LogP contribution in [-0.4, -0.2) is 30.0 Å². The Bertz CT molecular complexity index is 783. The van der Waals surface area contributed by atoms with Gasteiger partial charge < -0.3 is 9.57 Å². The van der Waals surface area contributed by atoms with Gasteiger partial charge >= 0.3 is 5.97 Å². The van der Waals surface area contributed by atoms with Crippen molar-refractivity contribution in [3.63, 3.8) is 0 Å². The number of imide groups is 1. The molecular weight excluding hydrogens is 317 g/mol. The summed E-state index contributed by atoms with van der Waals surface area (Å²) >= 11 is 0. The van der Waals surface area contributed by atoms with Crippen molar-refractivity contribution in [3.8, 4) is 0 Å². The van der Waals surface area contributed by atoms with Gasteiger partial charge in [-0.2, -0.15) is 0 Å². The van der Waals surface area contributed by atoms with Gasteiger partial charge in [0, 0.05) is 7.11 Å². The molecule has 1 aliphatic heterocycles. The second-order valence-electron chi connectivity index (χ2n) is 5.03. The zero-order chi connectivity index (χ0) is 17.3. The molecule has 3 rings (SSSR count). The van der Waals surface area contributed by atoms with Gasteiger partial charge in [0.1, 0.15) is 5.82 Å². The molecule has 2 aromatic carbocycles. The summed E-state index contributed by atoms with van der Waals surface area (Å²) in [6.07, 6.45) is -1.20. The number of fused-ring (bicyclic) bond motifs is 1. The van der Waals surface area contributed by atoms with Gasteiger partial charge in [0.05, 0.1) is 11.1 Å². The van der Waals surface area contributed by atoms with Crippen molar-refractivity contribution >= 4 is 17.8 Å². The summed E-state index contributed by atoms with van der Waals surface area (Å²) < 4.78 is 18.0. The molecule has 2 aromatic rings. The van der Waals surface area contributed by atoms with E-state index in [-0.39, 0.29) is 11.1 Å². The van der Waals surface area contributed by atoms with E-state index in [4.69, 9.17) is 9.57 Å². The van der Waals surface area contributed by atoms with Crippen LogP contribution in [0.15, 0.2) is 48.5 Å². The van der Waals surface area contributed by atoms with E-state index in [9.17, 15) is 18.8 Å². The number of hydroxylamine groups is 2. The summed E-state index contributed by atoms with van der Waals surface area (Å²) in [7, 11) is 1.26. The highest BCUT2D eigenvalue weighted by molar-refractivity contribution is 6.20. The number of ether oxygens (including phenoxy) is 1. The Kier molecular flexibility index (Phi) is 4.09. The molecule has 0 bridgehead atoms. The lowest BCUT2D eigenvalue weighted by molar-refractivity contribution is -0.180. The molecule has 1 unspecified atom stereocenters. The zero-order valence-corrected chi connectivity index (χ0v) is 12.6. The van der Waals surface area contributed by atoms with Crippen LogP contribution < -0.4 is 0 Å². The van der Waals surface area contributed by atoms with Gasteiger partial charge in [0.15, 0.2) is 6.10 Å². The number of rotatable bonds is 4. The number of amides is 2. The molecule has 0 N–H and O–H groups in total. The quantitative estimate of drug-likeness (QED) is 0.805. The third-order valence-corrected chi connectivity index (χ3v) is 3.56. The van der Waals surface area contributed by atoms with Gasteiger partial charge in [-0.15, -0.1) is 0 Å². The number of benzene rings is 2. The molecule has 0 saturated carbocycles. The van der Waals surface area contributed by atoms with Crippen molar-refractivity contribution in [2.75, 3.05) is 7.11 Å². The standard InChI is InChI=1S/C17H12FNO5/c1-23-14(10-6-8-11(18)9-7-10)17(22)24-19-15(20)12-4-2-3-5-13(12)16(19)21/h2-9,14H,1H3. The highest BCUT2D eigenvalue weighted by atomic mass is 19.1. The number of carbonyl (C=O) groups is 3. The van der Waals surface area contributed by atoms with Gasteiger partial charge in [-0.3, -0.25) is 9.59 Å². The Labute approximate surface area is 136 Å². The van der Waals surface area contributed by atoms with Crippen molar-refractivity contribution in [2.24, 2.45) is 0 Å². The summed E-state index contributed by atoms with van der Waals surface area (Å²) in [5.74, 6) is -2.88. The lowest BCUT2D eigenvalue weighted by Gasteiger charge is -2.18. The van der Waals surface area contributed by atoms with E-state index < -0.39 is 29.7 Å². The Morgan fingerprint density at radius 3 is 2.04 bits per heavy atom. The summed E-state index contributed by atoms with van der Waals surface area (Å²) in [5, 5.41) is 0.405. The van der Waals surface area contributed by atoms with Crippen molar-refractivity contribution in [1.82, 2.24) is 5.06 Å². The molecule has 7 heteroatoms. The predicted molar refractivity (Wildman–Crippen MR) is 79.2 cm³/mol. The average molecular weight is 329 g/mol. The fourth-order valence-corrected chi connectivity index (χ4v) is 2.39. The van der Waals surface area contributed by atoms with E-state index in [1.54, 1.807) is 12.1 Å². The van der Waals surface area contributed by atoms with Gasteiger partial charge in [0.25, 0.3) is 11.8 Å². The van der Waals surface area contributed by atoms with Gasteiger partial charge in [0.2, 0.25) is 0 Å². The lowest BCUT2D eigenvalue weighted by Crippen LogP contribution is -2.35. The molecule has 0 saturated heterocycles. The van der Waals surface area contributed by atoms with Crippen molar-refractivity contribution < 1.29 is 28.3 Å². The van der Waals surface area contributed by atoms with E-state index in [1.165, 1.54) is 31.4 Å². The first-order valence-corrected chi connectivity index (χ1v) is 7.01. The van der Waals surface area contributed by atoms with Crippen LogP contribution >= 0.6 is 0 Å². The minimum atomic E-state index is -1.20. The largest absolute Gasteiger partial charge is 0.366 e. The van der Waals surface area contributed by atoms with E-state index in [1.807, 2.05) is 0 Å². The van der Waals surface area contributed by atoms with Crippen molar-refractivity contribution in [2.45, 2.75) is 6.10 Å². The smallest absolute Gasteiger partial charge is 0.365 e. The third kappa shape index (κ3) is 2.65. The normalized spacial score (nSPS) is 14.5. The van der Waals surface area contributed by atoms with Crippen molar-refractivity contribution in [1.29, 1.82) is 0 Å². The van der Waals surface area contributed by atoms with E-state index >= 15 is 0 Å². The van der Waals surface area contributed by atoms with Gasteiger partial charge in [-0.1, -0.05) is 29.3 Å². The van der Waals surface area contributed by atoms with E-state index in [0.717, 1.165) is 12.1 Å². The monoisotopic (exact) mass is 329 g/mol. The summed E-state index contributed by atoms with van der Waals surface area (Å²) in [6, 6.07) is 11.2. The maximum atomic E-state index is 13.0. The number of methoxy groups -OCH3 is 1. The number of nitrogens with zero attached hydrogens (tertiary/aromatic N) is 1. The first-order valence-electron chi connectivity index (χ1n) is 7.01. The highest BCUT2D eigenvalue weighted by Crippen LogP contribution is 2.25. The second kappa shape index (κ2) is 6.21. The number of hydrogen-bond donors (Lipinski definition) is 0. The summed E-state index contributed by atoms with van der Waals surface area (Å²) in [6.45, 7) is 0. The topological polar surface area (TPSA) is 72.9 Å². The Morgan fingerprint density at radius 1 is 1.00 bits per heavy atom. The van der Waals surface area contributed by atoms with Crippen LogP contribution in [0.1, 0.15) is 32.4 Å². The fourth-order valence-electron chi connectivity index (χ4n) is 2.39. The van der Waals surface area contributed by atoms with Crippen LogP contribution in [0, 0.1) is 5.82 Å². The number of halogens is 1. The Morgan fingerprint density at radius 2 is 1.54 bits per heavy atom. The Balaban J connectivity index is 1.81. The van der Waals surface area contributed by atoms with Crippen LogP contribution in [0.2, 0.25) is 0 Å². The van der Waals surface area contributed by atoms with Crippen molar-refractivity contribution in [3.05, 3.63) is 71.0 Å². The molecule has 0 radical (unpaired) electrons. The van der Waals surface area contributed by atoms with E-state index in [2.05, 4.69) is 0 Å². The molecule has 122 valence electrons. The highest BCUT2D eigenvalue weighted by Gasteiger charge is 2.40. The maximum absolute atomic E-state index is 13.0. The molecule has 0 aliphatic carbocycles. The fraction of sp³-hybridized carbons (Fsp3) is 0.118. The minimum Gasteiger partial charge on any atom is -0.365 e. The lowest BCUT2D eigenvalue weighted by atomic mass is 10.1. The zero-order valence-electron chi connectivity index (χ0n) is 12.6. The van der Waals surface area contributed by atoms with Crippen LogP contribution in [-0.2, 0) is 14.4 Å². The molecule has 0 fully saturated rings. The first kappa shape index (κ1) is 15.8. The number of carbonyl (C=O) groups excluding carboxylic acids is 3. The molecular formula is C17H12FNO5. The SMILES string of the molecule is COC(C(=O)ON1C(=O)c2ccccc2C1=O)c1ccc(F)cc1. The van der Waals surface area contributed by atoms with Crippen LogP contribution in [0.4, 0.5) is 4.39 Å². The second-order valence-corrected chi connectivity index (χ2v) is 5.03.